The lowest BCUT2D eigenvalue weighted by Gasteiger charge is -2.65. The fraction of sp³-hybridized carbons (Fsp3) is 0.625. The van der Waals surface area contributed by atoms with Gasteiger partial charge in [0.25, 0.3) is 0 Å². The molecule has 0 amide bonds. The summed E-state index contributed by atoms with van der Waals surface area (Å²) in [4.78, 5) is 10.2. The van der Waals surface area contributed by atoms with Crippen molar-refractivity contribution in [3.63, 3.8) is 0 Å². The van der Waals surface area contributed by atoms with Crippen molar-refractivity contribution in [2.75, 3.05) is 47.8 Å². The molecule has 0 fully saturated rings. The number of anilines is 4. The molecule has 5 aliphatic rings. The Balaban J connectivity index is 0.000000156. The Kier molecular flexibility index (Phi) is 18.1. The summed E-state index contributed by atoms with van der Waals surface area (Å²) >= 11 is 0. The average molecular weight is 1350 g/mol. The molecule has 0 atom stereocenters. The third kappa shape index (κ3) is 9.25. The van der Waals surface area contributed by atoms with Gasteiger partial charge in [-0.2, -0.15) is 0 Å². The number of aryl methyl sites for hydroxylation is 10. The van der Waals surface area contributed by atoms with Crippen molar-refractivity contribution in [2.45, 2.75) is 359 Å². The number of likely N-dealkylation sites (N-methyl/N-ethyl adjacent to an activating group) is 4. The molecule has 4 nitrogen and oxygen atoms in total. The van der Waals surface area contributed by atoms with E-state index in [-0.39, 0.29) is 65.5 Å². The largest absolute Gasteiger partial charge is 0.368 e. The highest BCUT2D eigenvalue weighted by molar-refractivity contribution is 6.07. The highest BCUT2D eigenvalue weighted by Crippen LogP contribution is 2.70. The van der Waals surface area contributed by atoms with Gasteiger partial charge < -0.3 is 19.6 Å². The molecule has 1 aliphatic carbocycles. The lowest BCUT2D eigenvalue weighted by molar-refractivity contribution is -0.0448. The van der Waals surface area contributed by atoms with Gasteiger partial charge in [0.2, 0.25) is 0 Å². The summed E-state index contributed by atoms with van der Waals surface area (Å²) in [7, 11) is 9.14. The third-order valence-electron chi connectivity index (χ3n) is 34.6. The molecule has 4 aliphatic heterocycles. The molecule has 7 aromatic carbocycles. The van der Waals surface area contributed by atoms with E-state index in [4.69, 9.17) is 0 Å². The molecule has 548 valence electrons. The fourth-order valence-electron chi connectivity index (χ4n) is 21.6. The molecule has 12 rings (SSSR count). The van der Waals surface area contributed by atoms with Gasteiger partial charge >= 0.3 is 0 Å². The molecule has 0 aromatic heterocycles. The number of benzene rings is 7. The first-order valence-corrected chi connectivity index (χ1v) is 38.6. The summed E-state index contributed by atoms with van der Waals surface area (Å²) in [5.74, 6) is 0. The van der Waals surface area contributed by atoms with Crippen molar-refractivity contribution in [1.29, 1.82) is 0 Å². The van der Waals surface area contributed by atoms with Crippen LogP contribution in [0, 0.1) is 149 Å². The maximum Gasteiger partial charge on any atom is 0.0492 e. The molecule has 0 N–H and O–H groups in total. The van der Waals surface area contributed by atoms with Crippen LogP contribution in [0.3, 0.4) is 0 Å². The Bertz CT molecular complexity index is 4650. The normalized spacial score (nSPS) is 20.9. The zero-order chi connectivity index (χ0) is 77.1. The monoisotopic (exact) mass is 1350 g/mol. The molecule has 0 radical (unpaired) electrons. The van der Waals surface area contributed by atoms with Crippen LogP contribution in [0.2, 0.25) is 0 Å². The first-order valence-electron chi connectivity index (χ1n) is 38.6. The zero-order valence-corrected chi connectivity index (χ0v) is 73.8. The summed E-state index contributed by atoms with van der Waals surface area (Å²) in [5, 5.41) is 8.93. The molecule has 0 bridgehead atoms. The second kappa shape index (κ2) is 23.0. The molecule has 4 heteroatoms. The summed E-state index contributed by atoms with van der Waals surface area (Å²) in [5.41, 5.74) is 46.0. The topological polar surface area (TPSA) is 13.0 Å². The van der Waals surface area contributed by atoms with Gasteiger partial charge in [0.05, 0.1) is 0 Å². The van der Waals surface area contributed by atoms with E-state index in [1.54, 1.807) is 38.9 Å². The van der Waals surface area contributed by atoms with E-state index in [1.807, 2.05) is 0 Å². The lowest BCUT2D eigenvalue weighted by atomic mass is 9.39. The Labute approximate surface area is 614 Å². The molecule has 100 heavy (non-hydrogen) atoms. The van der Waals surface area contributed by atoms with E-state index in [0.717, 1.165) is 0 Å². The summed E-state index contributed by atoms with van der Waals surface area (Å²) in [6.45, 7) is 105. The molecule has 0 saturated carbocycles. The predicted octanol–water partition coefficient (Wildman–Crippen LogP) is 26.0. The van der Waals surface area contributed by atoms with Crippen LogP contribution in [-0.2, 0) is 32.5 Å². The average Bonchev–Trinajstić information content (AvgIpc) is 1.04. The smallest absolute Gasteiger partial charge is 0.0492 e. The molecule has 0 unspecified atom stereocenters. The number of rotatable bonds is 0. The van der Waals surface area contributed by atoms with E-state index < -0.39 is 0 Å². The standard InChI is InChI=1S/C27H45N.3C23H33N/c1-16-18-19(23(5,6)26(11,12)25(9,10)22(18,3)4)17(2)21-20(16)24(7,8)27(13,14)28(21)15;1-12-13(2)15(4)19-17(6)21-20(16(5)18(19)14(12)3)22(7,8)23(9,10)24(21)11;1-12-13(2)15(4)19-18(14(12)3)16(5)17(6)21-20(19)22(7,8)23(9,10)24(21)11;1-12-13(2)15(4)19-18(14(12)3)16(5)17(6)20-21(19)24(11)23(9,10)22(20,7)8/h1-15H3;3*1-11H3. The van der Waals surface area contributed by atoms with Crippen LogP contribution >= 0.6 is 0 Å². The predicted molar refractivity (Wildman–Crippen MR) is 449 cm³/mol. The van der Waals surface area contributed by atoms with E-state index in [9.17, 15) is 0 Å². The van der Waals surface area contributed by atoms with E-state index in [2.05, 4.69) is 352 Å². The van der Waals surface area contributed by atoms with Crippen LogP contribution in [-0.4, -0.2) is 50.3 Å². The molecule has 4 heterocycles. The van der Waals surface area contributed by atoms with Crippen molar-refractivity contribution < 1.29 is 0 Å². The van der Waals surface area contributed by atoms with E-state index in [0.29, 0.717) is 0 Å². The first-order chi connectivity index (χ1) is 44.8. The Hall–Kier alpha value is -5.48. The van der Waals surface area contributed by atoms with Crippen molar-refractivity contribution in [1.82, 2.24) is 0 Å². The van der Waals surface area contributed by atoms with Gasteiger partial charge in [-0.25, -0.2) is 0 Å². The SMILES string of the molecule is Cc1c(C)c(C)c2c(C)c3c(c(C)c2c1C)N(C)C(C)(C)C3(C)C.Cc1c(C)c(C)c2c3c(c(C)c(C)c2c1C)C(C)(C)C(C)(C)N3C.Cc1c(C)c(C)c2c3c(c(C)c(C)c2c1C)N(C)C(C)(C)C3(C)C.Cc1c2c(c(C)c3c1C(C)(C)C(C)(C)C(C)(C)C3(C)C)C(C)(C)C(C)(C)N2C. The maximum absolute atomic E-state index is 2.57. The van der Waals surface area contributed by atoms with Crippen LogP contribution in [0.15, 0.2) is 0 Å². The zero-order valence-electron chi connectivity index (χ0n) is 73.8. The van der Waals surface area contributed by atoms with Crippen LogP contribution in [0.4, 0.5) is 22.7 Å². The number of hydrogen-bond acceptors (Lipinski definition) is 4. The lowest BCUT2D eigenvalue weighted by Crippen LogP contribution is -2.60. The minimum absolute atomic E-state index is 0.0914. The first kappa shape index (κ1) is 78.7. The summed E-state index contributed by atoms with van der Waals surface area (Å²) < 4.78 is 0. The fourth-order valence-corrected chi connectivity index (χ4v) is 21.6. The highest BCUT2D eigenvalue weighted by atomic mass is 15.2. The van der Waals surface area contributed by atoms with Gasteiger partial charge in [-0.1, -0.05) is 111 Å². The number of fused-ring (bicyclic) bond motifs is 10. The van der Waals surface area contributed by atoms with Gasteiger partial charge in [0.15, 0.2) is 0 Å². The van der Waals surface area contributed by atoms with Gasteiger partial charge in [0, 0.05) is 100 Å². The van der Waals surface area contributed by atoms with Crippen LogP contribution < -0.4 is 19.6 Å². The second-order valence-electron chi connectivity index (χ2n) is 39.9. The van der Waals surface area contributed by atoms with Gasteiger partial charge in [0.1, 0.15) is 0 Å². The third-order valence-corrected chi connectivity index (χ3v) is 34.6. The molecule has 0 spiro atoms. The quantitative estimate of drug-likeness (QED) is 0.150. The van der Waals surface area contributed by atoms with Crippen LogP contribution in [0.1, 0.15) is 311 Å². The van der Waals surface area contributed by atoms with Gasteiger partial charge in [-0.05, 0) is 387 Å². The molecular weight excluding hydrogens is 1210 g/mol. The number of hydrogen-bond donors (Lipinski definition) is 0. The summed E-state index contributed by atoms with van der Waals surface area (Å²) in [6.07, 6.45) is 0. The van der Waals surface area contributed by atoms with Crippen molar-refractivity contribution in [3.8, 4) is 0 Å². The van der Waals surface area contributed by atoms with E-state index in [1.165, 1.54) is 161 Å². The Morgan fingerprint density at radius 2 is 0.360 bits per heavy atom. The van der Waals surface area contributed by atoms with Gasteiger partial charge in [-0.15, -0.1) is 0 Å². The summed E-state index contributed by atoms with van der Waals surface area (Å²) in [6, 6.07) is 0. The number of nitrogens with zero attached hydrogens (tertiary/aromatic N) is 4. The minimum Gasteiger partial charge on any atom is -0.368 e. The molecule has 7 aromatic rings. The minimum atomic E-state index is 0.0914. The Morgan fingerprint density at radius 1 is 0.150 bits per heavy atom. The highest BCUT2D eigenvalue weighted by Gasteiger charge is 2.64. The van der Waals surface area contributed by atoms with Crippen LogP contribution in [0.5, 0.6) is 0 Å². The van der Waals surface area contributed by atoms with Gasteiger partial charge in [-0.3, -0.25) is 0 Å². The van der Waals surface area contributed by atoms with Crippen molar-refractivity contribution in [3.05, 3.63) is 145 Å². The molecule has 0 saturated heterocycles. The van der Waals surface area contributed by atoms with Crippen molar-refractivity contribution in [2.24, 2.45) is 10.8 Å². The van der Waals surface area contributed by atoms with Crippen molar-refractivity contribution >= 4 is 55.1 Å². The molecular formula is C96H144N4. The van der Waals surface area contributed by atoms with E-state index >= 15 is 0 Å². The second-order valence-corrected chi connectivity index (χ2v) is 39.9. The Morgan fingerprint density at radius 3 is 0.710 bits per heavy atom. The van der Waals surface area contributed by atoms with Crippen LogP contribution in [0.25, 0.3) is 32.3 Å². The maximum atomic E-state index is 2.57.